The molecule has 1 aliphatic carbocycles. The van der Waals surface area contributed by atoms with Gasteiger partial charge < -0.3 is 9.73 Å². The van der Waals surface area contributed by atoms with E-state index in [4.69, 9.17) is 4.42 Å². The smallest absolute Gasteiger partial charge is 0.256 e. The fourth-order valence-electron chi connectivity index (χ4n) is 3.34. The van der Waals surface area contributed by atoms with Crippen molar-refractivity contribution >= 4 is 5.91 Å². The van der Waals surface area contributed by atoms with E-state index < -0.39 is 5.54 Å². The summed E-state index contributed by atoms with van der Waals surface area (Å²) in [5, 5.41) is 12.6. The minimum absolute atomic E-state index is 0.193. The Morgan fingerprint density at radius 2 is 2.09 bits per heavy atom. The van der Waals surface area contributed by atoms with Crippen LogP contribution < -0.4 is 5.32 Å². The molecule has 0 atom stereocenters. The summed E-state index contributed by atoms with van der Waals surface area (Å²) < 4.78 is 5.31. The number of amides is 1. The summed E-state index contributed by atoms with van der Waals surface area (Å²) in [7, 11) is 0. The molecule has 1 N–H and O–H groups in total. The number of furan rings is 1. The van der Waals surface area contributed by atoms with Crippen LogP contribution in [-0.4, -0.2) is 11.4 Å². The largest absolute Gasteiger partial charge is 0.469 e. The number of aryl methyl sites for hydroxylation is 1. The molecule has 0 aliphatic heterocycles. The Morgan fingerprint density at radius 3 is 2.59 bits per heavy atom. The average Bonchev–Trinajstić information content (AvgIpc) is 2.95. The number of carbonyl (C=O) groups is 1. The van der Waals surface area contributed by atoms with Gasteiger partial charge in [0.15, 0.2) is 0 Å². The fourth-order valence-corrected chi connectivity index (χ4v) is 3.34. The molecule has 4 heteroatoms. The lowest BCUT2D eigenvalue weighted by molar-refractivity contribution is 0.0854. The third-order valence-corrected chi connectivity index (χ3v) is 4.94. The molecule has 0 aromatic carbocycles. The topological polar surface area (TPSA) is 66.0 Å². The van der Waals surface area contributed by atoms with Gasteiger partial charge in [-0.3, -0.25) is 4.79 Å². The summed E-state index contributed by atoms with van der Waals surface area (Å²) in [5.41, 5.74) is 0.0715. The zero-order valence-corrected chi connectivity index (χ0v) is 14.0. The van der Waals surface area contributed by atoms with Crippen LogP contribution in [0.4, 0.5) is 0 Å². The molecule has 1 fully saturated rings. The van der Waals surface area contributed by atoms with Crippen molar-refractivity contribution in [2.75, 3.05) is 0 Å². The van der Waals surface area contributed by atoms with E-state index in [0.717, 1.165) is 25.7 Å². The van der Waals surface area contributed by atoms with Crippen molar-refractivity contribution in [3.8, 4) is 6.07 Å². The lowest BCUT2D eigenvalue weighted by Gasteiger charge is -2.40. The molecule has 4 nitrogen and oxygen atoms in total. The van der Waals surface area contributed by atoms with Gasteiger partial charge in [0.2, 0.25) is 0 Å². The standard InChI is InChI=1S/C18H26N2O2/c1-5-15-14(8-11-22-15)16(21)20-18(12-19)9-6-13(7-10-18)17(2,3)4/h8,11,13H,5-7,9-10H2,1-4H3,(H,20,21). The highest BCUT2D eigenvalue weighted by Crippen LogP contribution is 2.41. The first-order valence-electron chi connectivity index (χ1n) is 8.11. The molecule has 120 valence electrons. The van der Waals surface area contributed by atoms with E-state index in [1.807, 2.05) is 6.92 Å². The van der Waals surface area contributed by atoms with Crippen LogP contribution in [0.3, 0.4) is 0 Å². The maximum Gasteiger partial charge on any atom is 0.256 e. The number of nitrogens with one attached hydrogen (secondary N) is 1. The number of nitriles is 1. The van der Waals surface area contributed by atoms with Crippen molar-refractivity contribution in [3.63, 3.8) is 0 Å². The molecule has 1 saturated carbocycles. The van der Waals surface area contributed by atoms with Gasteiger partial charge in [-0.05, 0) is 43.1 Å². The van der Waals surface area contributed by atoms with Crippen molar-refractivity contribution in [1.29, 1.82) is 5.26 Å². The number of rotatable bonds is 3. The van der Waals surface area contributed by atoms with Crippen LogP contribution in [0.1, 0.15) is 69.5 Å². The molecule has 0 spiro atoms. The molecule has 1 heterocycles. The van der Waals surface area contributed by atoms with Crippen molar-refractivity contribution in [1.82, 2.24) is 5.32 Å². The third-order valence-electron chi connectivity index (χ3n) is 4.94. The summed E-state index contributed by atoms with van der Waals surface area (Å²) in [6, 6.07) is 4.04. The van der Waals surface area contributed by atoms with Crippen LogP contribution >= 0.6 is 0 Å². The fraction of sp³-hybridized carbons (Fsp3) is 0.667. The number of hydrogen-bond donors (Lipinski definition) is 1. The molecule has 2 rings (SSSR count). The number of nitrogens with zero attached hydrogens (tertiary/aromatic N) is 1. The van der Waals surface area contributed by atoms with Crippen molar-refractivity contribution in [2.24, 2.45) is 11.3 Å². The van der Waals surface area contributed by atoms with Crippen LogP contribution in [-0.2, 0) is 6.42 Å². The van der Waals surface area contributed by atoms with Gasteiger partial charge in [0.25, 0.3) is 5.91 Å². The zero-order valence-electron chi connectivity index (χ0n) is 14.0. The van der Waals surface area contributed by atoms with E-state index in [-0.39, 0.29) is 11.3 Å². The van der Waals surface area contributed by atoms with Gasteiger partial charge in [0.05, 0.1) is 17.9 Å². The molecule has 22 heavy (non-hydrogen) atoms. The number of hydrogen-bond acceptors (Lipinski definition) is 3. The van der Waals surface area contributed by atoms with Gasteiger partial charge >= 0.3 is 0 Å². The van der Waals surface area contributed by atoms with Crippen LogP contribution in [0.5, 0.6) is 0 Å². The monoisotopic (exact) mass is 302 g/mol. The van der Waals surface area contributed by atoms with Gasteiger partial charge in [-0.25, -0.2) is 0 Å². The van der Waals surface area contributed by atoms with E-state index >= 15 is 0 Å². The maximum absolute atomic E-state index is 12.5. The first kappa shape index (κ1) is 16.6. The Morgan fingerprint density at radius 1 is 1.45 bits per heavy atom. The Kier molecular flexibility index (Phi) is 4.65. The lowest BCUT2D eigenvalue weighted by Crippen LogP contribution is -2.50. The second kappa shape index (κ2) is 6.16. The van der Waals surface area contributed by atoms with Gasteiger partial charge in [-0.2, -0.15) is 5.26 Å². The molecule has 1 amide bonds. The summed E-state index contributed by atoms with van der Waals surface area (Å²) in [6.45, 7) is 8.68. The summed E-state index contributed by atoms with van der Waals surface area (Å²) in [4.78, 5) is 12.5. The Bertz CT molecular complexity index is 567. The highest BCUT2D eigenvalue weighted by atomic mass is 16.3. The molecule has 0 bridgehead atoms. The molecule has 0 radical (unpaired) electrons. The Labute approximate surface area is 132 Å². The van der Waals surface area contributed by atoms with Crippen LogP contribution in [0.15, 0.2) is 16.7 Å². The summed E-state index contributed by atoms with van der Waals surface area (Å²) >= 11 is 0. The first-order valence-corrected chi connectivity index (χ1v) is 8.11. The maximum atomic E-state index is 12.5. The highest BCUT2D eigenvalue weighted by Gasteiger charge is 2.40. The lowest BCUT2D eigenvalue weighted by atomic mass is 9.67. The van der Waals surface area contributed by atoms with Crippen LogP contribution in [0.25, 0.3) is 0 Å². The van der Waals surface area contributed by atoms with Crippen molar-refractivity contribution < 1.29 is 9.21 Å². The zero-order chi connectivity index (χ0) is 16.4. The van der Waals surface area contributed by atoms with E-state index in [0.29, 0.717) is 23.7 Å². The number of carbonyl (C=O) groups excluding carboxylic acids is 1. The Hall–Kier alpha value is -1.76. The second-order valence-corrected chi connectivity index (χ2v) is 7.40. The molecular formula is C18H26N2O2. The van der Waals surface area contributed by atoms with Gasteiger partial charge in [-0.15, -0.1) is 0 Å². The van der Waals surface area contributed by atoms with Crippen molar-refractivity contribution in [2.45, 2.75) is 65.3 Å². The molecule has 1 aliphatic rings. The minimum atomic E-state index is -0.735. The quantitative estimate of drug-likeness (QED) is 0.915. The third kappa shape index (κ3) is 3.35. The minimum Gasteiger partial charge on any atom is -0.469 e. The summed E-state index contributed by atoms with van der Waals surface area (Å²) in [5.74, 6) is 1.08. The average molecular weight is 302 g/mol. The van der Waals surface area contributed by atoms with E-state index in [2.05, 4.69) is 32.2 Å². The van der Waals surface area contributed by atoms with Crippen LogP contribution in [0, 0.1) is 22.7 Å². The van der Waals surface area contributed by atoms with Gasteiger partial charge in [0, 0.05) is 6.42 Å². The van der Waals surface area contributed by atoms with E-state index in [1.54, 1.807) is 6.07 Å². The normalized spacial score (nSPS) is 25.5. The van der Waals surface area contributed by atoms with E-state index in [1.165, 1.54) is 6.26 Å². The SMILES string of the molecule is CCc1occc1C(=O)NC1(C#N)CCC(C(C)(C)C)CC1. The molecular weight excluding hydrogens is 276 g/mol. The van der Waals surface area contributed by atoms with Crippen LogP contribution in [0.2, 0.25) is 0 Å². The summed E-state index contributed by atoms with van der Waals surface area (Å²) in [6.07, 6.45) is 5.59. The molecule has 1 aromatic heterocycles. The molecule has 0 saturated heterocycles. The predicted octanol–water partition coefficient (Wildman–Crippen LogP) is 4.07. The molecule has 1 aromatic rings. The van der Waals surface area contributed by atoms with Crippen molar-refractivity contribution in [3.05, 3.63) is 23.7 Å². The predicted molar refractivity (Wildman–Crippen MR) is 85.3 cm³/mol. The molecule has 0 unspecified atom stereocenters. The highest BCUT2D eigenvalue weighted by molar-refractivity contribution is 5.95. The second-order valence-electron chi connectivity index (χ2n) is 7.40. The van der Waals surface area contributed by atoms with Gasteiger partial charge in [0.1, 0.15) is 11.3 Å². The first-order chi connectivity index (χ1) is 10.3. The van der Waals surface area contributed by atoms with Gasteiger partial charge in [-0.1, -0.05) is 27.7 Å². The van der Waals surface area contributed by atoms with E-state index in [9.17, 15) is 10.1 Å². The Balaban J connectivity index is 2.08.